The Balaban J connectivity index is 1.96. The van der Waals surface area contributed by atoms with Crippen molar-refractivity contribution >= 4 is 23.2 Å². The van der Waals surface area contributed by atoms with E-state index >= 15 is 0 Å². The molecule has 0 spiro atoms. The Labute approximate surface area is 170 Å². The van der Waals surface area contributed by atoms with E-state index in [2.05, 4.69) is 15.4 Å². The SMILES string of the molecule is CCN(CC(=O)Nc1c(F)cccc1F)C(C)C(=O)Nc1ccc(OC(F)F)cc1. The molecule has 0 aliphatic carbocycles. The highest BCUT2D eigenvalue weighted by Gasteiger charge is 2.23. The number of carbonyl (C=O) groups is 2. The van der Waals surface area contributed by atoms with Crippen molar-refractivity contribution in [3.05, 3.63) is 54.1 Å². The normalized spacial score (nSPS) is 12.0. The molecular formula is C20H21F4N3O3. The van der Waals surface area contributed by atoms with Gasteiger partial charge in [-0.1, -0.05) is 13.0 Å². The fourth-order valence-electron chi connectivity index (χ4n) is 2.64. The number of hydrogen-bond donors (Lipinski definition) is 2. The van der Waals surface area contributed by atoms with Gasteiger partial charge in [0.25, 0.3) is 0 Å². The van der Waals surface area contributed by atoms with E-state index in [4.69, 9.17) is 0 Å². The van der Waals surface area contributed by atoms with Gasteiger partial charge in [-0.05, 0) is 49.9 Å². The molecule has 162 valence electrons. The van der Waals surface area contributed by atoms with E-state index in [1.807, 2.05) is 0 Å². The predicted molar refractivity (Wildman–Crippen MR) is 103 cm³/mol. The lowest BCUT2D eigenvalue weighted by Gasteiger charge is -2.26. The molecule has 2 aromatic rings. The van der Waals surface area contributed by atoms with Crippen LogP contribution in [0.5, 0.6) is 5.75 Å². The maximum absolute atomic E-state index is 13.7. The van der Waals surface area contributed by atoms with E-state index < -0.39 is 41.8 Å². The van der Waals surface area contributed by atoms with Gasteiger partial charge in [-0.25, -0.2) is 8.78 Å². The second-order valence-corrected chi connectivity index (χ2v) is 6.28. The standard InChI is InChI=1S/C20H21F4N3O3/c1-3-27(11-17(28)26-18-15(21)5-4-6-16(18)22)12(2)19(29)25-13-7-9-14(10-8-13)30-20(23)24/h4-10,12,20H,3,11H2,1-2H3,(H,25,29)(H,26,28). The molecule has 0 saturated heterocycles. The Morgan fingerprint density at radius 1 is 1.03 bits per heavy atom. The monoisotopic (exact) mass is 427 g/mol. The maximum atomic E-state index is 13.7. The largest absolute Gasteiger partial charge is 0.435 e. The number of ether oxygens (including phenoxy) is 1. The molecule has 1 unspecified atom stereocenters. The zero-order chi connectivity index (χ0) is 22.3. The Morgan fingerprint density at radius 2 is 1.63 bits per heavy atom. The highest BCUT2D eigenvalue weighted by atomic mass is 19.3. The fourth-order valence-corrected chi connectivity index (χ4v) is 2.64. The highest BCUT2D eigenvalue weighted by molar-refractivity contribution is 5.96. The van der Waals surface area contributed by atoms with Gasteiger partial charge in [0.1, 0.15) is 23.1 Å². The zero-order valence-electron chi connectivity index (χ0n) is 16.3. The van der Waals surface area contributed by atoms with Crippen molar-refractivity contribution in [2.24, 2.45) is 0 Å². The van der Waals surface area contributed by atoms with Crippen molar-refractivity contribution in [1.29, 1.82) is 0 Å². The lowest BCUT2D eigenvalue weighted by Crippen LogP contribution is -2.45. The smallest absolute Gasteiger partial charge is 0.387 e. The number of nitrogens with one attached hydrogen (secondary N) is 2. The summed E-state index contributed by atoms with van der Waals surface area (Å²) in [6.45, 7) is 0.358. The number of nitrogens with zero attached hydrogens (tertiary/aromatic N) is 1. The number of benzene rings is 2. The number of halogens is 4. The van der Waals surface area contributed by atoms with E-state index in [-0.39, 0.29) is 12.3 Å². The van der Waals surface area contributed by atoms with Gasteiger partial charge >= 0.3 is 6.61 Å². The van der Waals surface area contributed by atoms with Gasteiger partial charge in [0, 0.05) is 5.69 Å². The summed E-state index contributed by atoms with van der Waals surface area (Å²) >= 11 is 0. The third-order valence-electron chi connectivity index (χ3n) is 4.25. The summed E-state index contributed by atoms with van der Waals surface area (Å²) in [5.41, 5.74) is -0.204. The number of likely N-dealkylation sites (N-methyl/N-ethyl adjacent to an activating group) is 1. The van der Waals surface area contributed by atoms with Crippen LogP contribution in [0, 0.1) is 11.6 Å². The zero-order valence-corrected chi connectivity index (χ0v) is 16.3. The summed E-state index contributed by atoms with van der Waals surface area (Å²) in [5, 5.41) is 4.77. The molecule has 2 rings (SSSR count). The molecule has 2 aromatic carbocycles. The van der Waals surface area contributed by atoms with Crippen LogP contribution in [0.15, 0.2) is 42.5 Å². The molecule has 0 heterocycles. The van der Waals surface area contributed by atoms with E-state index in [1.165, 1.54) is 35.2 Å². The van der Waals surface area contributed by atoms with Crippen molar-refractivity contribution in [3.63, 3.8) is 0 Å². The molecule has 0 aliphatic heterocycles. The first-order valence-electron chi connectivity index (χ1n) is 9.05. The van der Waals surface area contributed by atoms with E-state index in [9.17, 15) is 27.2 Å². The Morgan fingerprint density at radius 3 is 2.17 bits per heavy atom. The van der Waals surface area contributed by atoms with Crippen LogP contribution in [0.1, 0.15) is 13.8 Å². The number of rotatable bonds is 9. The van der Waals surface area contributed by atoms with Gasteiger partial charge in [0.05, 0.1) is 12.6 Å². The van der Waals surface area contributed by atoms with Gasteiger partial charge in [-0.2, -0.15) is 8.78 Å². The van der Waals surface area contributed by atoms with Crippen LogP contribution in [-0.4, -0.2) is 42.5 Å². The van der Waals surface area contributed by atoms with Crippen LogP contribution in [0.2, 0.25) is 0 Å². The molecule has 0 bridgehead atoms. The molecule has 10 heteroatoms. The summed E-state index contributed by atoms with van der Waals surface area (Å²) in [4.78, 5) is 26.2. The topological polar surface area (TPSA) is 70.7 Å². The summed E-state index contributed by atoms with van der Waals surface area (Å²) in [6.07, 6.45) is 0. The summed E-state index contributed by atoms with van der Waals surface area (Å²) in [7, 11) is 0. The summed E-state index contributed by atoms with van der Waals surface area (Å²) in [5.74, 6) is -3.01. The third-order valence-corrected chi connectivity index (χ3v) is 4.25. The van der Waals surface area contributed by atoms with Gasteiger partial charge in [0.2, 0.25) is 11.8 Å². The number of carbonyl (C=O) groups excluding carboxylic acids is 2. The van der Waals surface area contributed by atoms with Crippen LogP contribution in [0.3, 0.4) is 0 Å². The van der Waals surface area contributed by atoms with Crippen molar-refractivity contribution in [2.45, 2.75) is 26.5 Å². The predicted octanol–water partition coefficient (Wildman–Crippen LogP) is 3.85. The second kappa shape index (κ2) is 10.6. The molecule has 2 amide bonds. The Bertz CT molecular complexity index is 858. The summed E-state index contributed by atoms with van der Waals surface area (Å²) in [6, 6.07) is 7.80. The average molecular weight is 427 g/mol. The Hall–Kier alpha value is -3.14. The van der Waals surface area contributed by atoms with Crippen LogP contribution in [0.25, 0.3) is 0 Å². The molecule has 0 saturated carbocycles. The number of anilines is 2. The van der Waals surface area contributed by atoms with Crippen LogP contribution < -0.4 is 15.4 Å². The highest BCUT2D eigenvalue weighted by Crippen LogP contribution is 2.19. The number of para-hydroxylation sites is 1. The summed E-state index contributed by atoms with van der Waals surface area (Å²) < 4.78 is 55.9. The van der Waals surface area contributed by atoms with Crippen molar-refractivity contribution in [2.75, 3.05) is 23.7 Å². The molecule has 0 aliphatic rings. The molecular weight excluding hydrogens is 406 g/mol. The first-order valence-corrected chi connectivity index (χ1v) is 9.05. The first kappa shape index (κ1) is 23.1. The number of hydrogen-bond acceptors (Lipinski definition) is 4. The minimum absolute atomic E-state index is 0.0525. The molecule has 0 radical (unpaired) electrons. The molecule has 0 fully saturated rings. The average Bonchev–Trinajstić information content (AvgIpc) is 2.69. The third kappa shape index (κ3) is 6.45. The van der Waals surface area contributed by atoms with Crippen molar-refractivity contribution in [3.8, 4) is 5.75 Å². The molecule has 2 N–H and O–H groups in total. The quantitative estimate of drug-likeness (QED) is 0.597. The Kier molecular flexibility index (Phi) is 8.16. The van der Waals surface area contributed by atoms with Gasteiger partial charge < -0.3 is 15.4 Å². The molecule has 0 aromatic heterocycles. The van der Waals surface area contributed by atoms with Crippen molar-refractivity contribution < 1.29 is 31.9 Å². The van der Waals surface area contributed by atoms with Gasteiger partial charge in [0.15, 0.2) is 0 Å². The lowest BCUT2D eigenvalue weighted by atomic mass is 10.2. The molecule has 1 atom stereocenters. The molecule has 6 nitrogen and oxygen atoms in total. The van der Waals surface area contributed by atoms with Crippen molar-refractivity contribution in [1.82, 2.24) is 4.90 Å². The number of alkyl halides is 2. The second-order valence-electron chi connectivity index (χ2n) is 6.28. The minimum atomic E-state index is -2.95. The maximum Gasteiger partial charge on any atom is 0.387 e. The van der Waals surface area contributed by atoms with E-state index in [0.717, 1.165) is 12.1 Å². The molecule has 30 heavy (non-hydrogen) atoms. The first-order chi connectivity index (χ1) is 14.2. The van der Waals surface area contributed by atoms with Crippen LogP contribution >= 0.6 is 0 Å². The number of amides is 2. The van der Waals surface area contributed by atoms with Crippen LogP contribution in [-0.2, 0) is 9.59 Å². The van der Waals surface area contributed by atoms with Crippen LogP contribution in [0.4, 0.5) is 28.9 Å². The van der Waals surface area contributed by atoms with E-state index in [1.54, 1.807) is 13.8 Å². The van der Waals surface area contributed by atoms with Gasteiger partial charge in [-0.15, -0.1) is 0 Å². The van der Waals surface area contributed by atoms with Gasteiger partial charge in [-0.3, -0.25) is 14.5 Å². The lowest BCUT2D eigenvalue weighted by molar-refractivity contribution is -0.123. The minimum Gasteiger partial charge on any atom is -0.435 e. The fraction of sp³-hybridized carbons (Fsp3) is 0.300. The van der Waals surface area contributed by atoms with E-state index in [0.29, 0.717) is 12.2 Å².